The number of thioether (sulfide) groups is 1. The number of carboxylic acid groups (broad SMARTS) is 1. The molecule has 0 radical (unpaired) electrons. The second-order valence-corrected chi connectivity index (χ2v) is 15.2. The van der Waals surface area contributed by atoms with Crippen molar-refractivity contribution in [1.82, 2.24) is 14.4 Å². The number of ether oxygens (including phenoxy) is 1. The van der Waals surface area contributed by atoms with Crippen molar-refractivity contribution in [3.8, 4) is 11.1 Å². The molecule has 1 N–H and O–H groups in total. The van der Waals surface area contributed by atoms with E-state index in [-0.39, 0.29) is 35.9 Å². The smallest absolute Gasteiger partial charge is 0.410 e. The van der Waals surface area contributed by atoms with Crippen LogP contribution in [0.25, 0.3) is 11.1 Å². The lowest BCUT2D eigenvalue weighted by molar-refractivity contribution is -0.136. The van der Waals surface area contributed by atoms with Crippen molar-refractivity contribution in [3.05, 3.63) is 95.5 Å². The number of rotatable bonds is 11. The zero-order valence-corrected chi connectivity index (χ0v) is 29.3. The number of carbonyl (C=O) groups is 3. The minimum absolute atomic E-state index is 0.0319. The van der Waals surface area contributed by atoms with E-state index in [0.29, 0.717) is 30.8 Å². The lowest BCUT2D eigenvalue weighted by Gasteiger charge is -2.39. The summed E-state index contributed by atoms with van der Waals surface area (Å²) in [5.41, 5.74) is 1.92. The molecule has 2 aromatic carbocycles. The summed E-state index contributed by atoms with van der Waals surface area (Å²) in [6, 6.07) is 14.3. The van der Waals surface area contributed by atoms with Gasteiger partial charge in [0.2, 0.25) is 5.91 Å². The fraction of sp³-hybridized carbons (Fsp3) is 0.432. The molecule has 2 heterocycles. The largest absolute Gasteiger partial charge is 0.481 e. The molecule has 0 unspecified atom stereocenters. The van der Waals surface area contributed by atoms with Crippen LogP contribution < -0.4 is 0 Å². The lowest BCUT2D eigenvalue weighted by atomic mass is 9.83. The molecule has 11 heteroatoms. The quantitative estimate of drug-likeness (QED) is 0.206. The zero-order valence-electron chi connectivity index (χ0n) is 28.5. The summed E-state index contributed by atoms with van der Waals surface area (Å²) in [7, 11) is 0. The molecule has 0 bridgehead atoms. The summed E-state index contributed by atoms with van der Waals surface area (Å²) in [5, 5.41) is 9.13. The first-order valence-electron chi connectivity index (χ1n) is 16.0. The highest BCUT2D eigenvalue weighted by molar-refractivity contribution is 7.99. The van der Waals surface area contributed by atoms with Gasteiger partial charge in [-0.25, -0.2) is 13.6 Å². The molecule has 1 saturated heterocycles. The van der Waals surface area contributed by atoms with Crippen LogP contribution in [-0.2, 0) is 20.9 Å². The van der Waals surface area contributed by atoms with Crippen molar-refractivity contribution >= 4 is 29.7 Å². The number of aromatic nitrogens is 1. The van der Waals surface area contributed by atoms with Gasteiger partial charge in [0.05, 0.1) is 18.2 Å². The predicted octanol–water partition coefficient (Wildman–Crippen LogP) is 8.13. The third kappa shape index (κ3) is 9.95. The third-order valence-corrected chi connectivity index (χ3v) is 8.73. The Balaban J connectivity index is 1.82. The van der Waals surface area contributed by atoms with E-state index in [9.17, 15) is 18.8 Å². The Labute approximate surface area is 285 Å². The maximum Gasteiger partial charge on any atom is 0.410 e. The SMILES string of the molecule is CC(C)(C)OC(=O)N1CC/C(=C/N(C(=O)CSCCC(=O)O)[C@@H](c2cc(-c3cc(F)ccc3F)cn2Cc2ccccc2)C(C)(C)C)C1. The van der Waals surface area contributed by atoms with Gasteiger partial charge in [-0.15, -0.1) is 0 Å². The molecular formula is C37H45F2N3O5S. The molecule has 1 aromatic heterocycles. The van der Waals surface area contributed by atoms with E-state index in [1.54, 1.807) is 16.0 Å². The van der Waals surface area contributed by atoms with Gasteiger partial charge < -0.3 is 24.2 Å². The Morgan fingerprint density at radius 3 is 2.40 bits per heavy atom. The molecule has 4 rings (SSSR count). The van der Waals surface area contributed by atoms with Gasteiger partial charge in [-0.3, -0.25) is 9.59 Å². The Bertz CT molecular complexity index is 1640. The molecule has 48 heavy (non-hydrogen) atoms. The standard InChI is InChI=1S/C37H45F2N3O5S/c1-36(2,3)34(31-18-27(29-19-28(38)12-13-30(29)39)23-41(31)20-25-10-8-7-9-11-25)42(32(43)24-48-17-15-33(44)45)22-26-14-16-40(21-26)35(46)47-37(4,5)6/h7-13,18-19,22-23,34H,14-17,20-21,24H2,1-6H3,(H,44,45)/b26-22-/t34-/m0/s1. The maximum absolute atomic E-state index is 15.1. The number of benzene rings is 2. The van der Waals surface area contributed by atoms with Crippen molar-refractivity contribution in [2.24, 2.45) is 5.41 Å². The first kappa shape index (κ1) is 36.7. The summed E-state index contributed by atoms with van der Waals surface area (Å²) in [6.07, 6.45) is 3.63. The molecule has 8 nitrogen and oxygen atoms in total. The van der Waals surface area contributed by atoms with Crippen LogP contribution in [0.1, 0.15) is 71.7 Å². The van der Waals surface area contributed by atoms with Crippen LogP contribution in [0.2, 0.25) is 0 Å². The topological polar surface area (TPSA) is 92.1 Å². The van der Waals surface area contributed by atoms with E-state index in [1.165, 1.54) is 17.8 Å². The van der Waals surface area contributed by atoms with Gasteiger partial charge in [0.15, 0.2) is 0 Å². The van der Waals surface area contributed by atoms with E-state index in [2.05, 4.69) is 0 Å². The van der Waals surface area contributed by atoms with E-state index < -0.39 is 40.8 Å². The van der Waals surface area contributed by atoms with Gasteiger partial charge in [0.1, 0.15) is 17.2 Å². The van der Waals surface area contributed by atoms with Crippen LogP contribution in [0.4, 0.5) is 13.6 Å². The van der Waals surface area contributed by atoms with Crippen LogP contribution in [0.3, 0.4) is 0 Å². The highest BCUT2D eigenvalue weighted by Crippen LogP contribution is 2.42. The number of amides is 2. The summed E-state index contributed by atoms with van der Waals surface area (Å²) >= 11 is 1.24. The molecule has 258 valence electrons. The average molecular weight is 682 g/mol. The van der Waals surface area contributed by atoms with E-state index in [0.717, 1.165) is 23.3 Å². The first-order chi connectivity index (χ1) is 22.5. The number of hydrogen-bond donors (Lipinski definition) is 1. The fourth-order valence-corrected chi connectivity index (χ4v) is 6.48. The van der Waals surface area contributed by atoms with Crippen LogP contribution in [0, 0.1) is 17.0 Å². The van der Waals surface area contributed by atoms with Crippen LogP contribution in [0.15, 0.2) is 72.6 Å². The number of halogens is 2. The molecule has 3 aromatic rings. The maximum atomic E-state index is 15.1. The molecule has 1 aliphatic heterocycles. The number of carboxylic acids is 1. The molecule has 1 fully saturated rings. The molecule has 0 aliphatic carbocycles. The van der Waals surface area contributed by atoms with Gasteiger partial charge in [-0.05, 0) is 68.0 Å². The monoisotopic (exact) mass is 681 g/mol. The van der Waals surface area contributed by atoms with Gasteiger partial charge >= 0.3 is 12.1 Å². The molecule has 0 spiro atoms. The van der Waals surface area contributed by atoms with E-state index >= 15 is 4.39 Å². The van der Waals surface area contributed by atoms with Gasteiger partial charge in [0, 0.05) is 54.6 Å². The fourth-order valence-electron chi connectivity index (χ4n) is 5.69. The van der Waals surface area contributed by atoms with Crippen LogP contribution >= 0.6 is 11.8 Å². The molecule has 1 aliphatic rings. The summed E-state index contributed by atoms with van der Waals surface area (Å²) in [6.45, 7) is 12.6. The highest BCUT2D eigenvalue weighted by Gasteiger charge is 2.38. The summed E-state index contributed by atoms with van der Waals surface area (Å²) < 4.78 is 37.0. The number of aliphatic carboxylic acids is 1. The number of carbonyl (C=O) groups excluding carboxylic acids is 2. The Morgan fingerprint density at radius 2 is 1.75 bits per heavy atom. The summed E-state index contributed by atoms with van der Waals surface area (Å²) in [4.78, 5) is 41.5. The Morgan fingerprint density at radius 1 is 1.04 bits per heavy atom. The Kier molecular flexibility index (Phi) is 11.8. The third-order valence-electron chi connectivity index (χ3n) is 7.79. The number of likely N-dealkylation sites (tertiary alicyclic amines) is 1. The van der Waals surface area contributed by atoms with Crippen LogP contribution in [-0.4, -0.2) is 67.6 Å². The second kappa shape index (κ2) is 15.4. The second-order valence-electron chi connectivity index (χ2n) is 14.1. The molecular weight excluding hydrogens is 636 g/mol. The zero-order chi connectivity index (χ0) is 35.2. The lowest BCUT2D eigenvalue weighted by Crippen LogP contribution is -2.40. The van der Waals surface area contributed by atoms with Crippen molar-refractivity contribution in [2.75, 3.05) is 24.6 Å². The Hall–Kier alpha value is -4.12. The normalized spacial score (nSPS) is 15.1. The van der Waals surface area contributed by atoms with Crippen molar-refractivity contribution in [2.45, 2.75) is 72.6 Å². The van der Waals surface area contributed by atoms with Crippen molar-refractivity contribution in [1.29, 1.82) is 0 Å². The van der Waals surface area contributed by atoms with Crippen molar-refractivity contribution in [3.63, 3.8) is 0 Å². The van der Waals surface area contributed by atoms with E-state index in [4.69, 9.17) is 9.84 Å². The van der Waals surface area contributed by atoms with Gasteiger partial charge in [0.25, 0.3) is 0 Å². The van der Waals surface area contributed by atoms with Gasteiger partial charge in [-0.1, -0.05) is 51.1 Å². The average Bonchev–Trinajstić information content (AvgIpc) is 3.62. The summed E-state index contributed by atoms with van der Waals surface area (Å²) in [5.74, 6) is -2.00. The van der Waals surface area contributed by atoms with Crippen molar-refractivity contribution < 1.29 is 33.0 Å². The number of nitrogens with zero attached hydrogens (tertiary/aromatic N) is 3. The minimum atomic E-state index is -0.939. The number of hydrogen-bond acceptors (Lipinski definition) is 5. The van der Waals surface area contributed by atoms with E-state index in [1.807, 2.05) is 88.7 Å². The molecule has 0 saturated carbocycles. The molecule has 1 atom stereocenters. The molecule has 2 amide bonds. The first-order valence-corrected chi connectivity index (χ1v) is 17.1. The highest BCUT2D eigenvalue weighted by atomic mass is 32.2. The van der Waals surface area contributed by atoms with Gasteiger partial charge in [-0.2, -0.15) is 11.8 Å². The minimum Gasteiger partial charge on any atom is -0.481 e. The predicted molar refractivity (Wildman–Crippen MR) is 184 cm³/mol. The van der Waals surface area contributed by atoms with Crippen LogP contribution in [0.5, 0.6) is 0 Å².